The van der Waals surface area contributed by atoms with Gasteiger partial charge in [-0.15, -0.1) is 0 Å². The summed E-state index contributed by atoms with van der Waals surface area (Å²) in [5, 5.41) is 6.76. The zero-order valence-corrected chi connectivity index (χ0v) is 11.4. The Morgan fingerprint density at radius 1 is 1.69 bits per heavy atom. The summed E-state index contributed by atoms with van der Waals surface area (Å²) in [6, 6.07) is 0. The molecule has 4 nitrogen and oxygen atoms in total. The van der Waals surface area contributed by atoms with Crippen LogP contribution >= 0.6 is 15.9 Å². The van der Waals surface area contributed by atoms with E-state index in [9.17, 15) is 4.79 Å². The van der Waals surface area contributed by atoms with E-state index in [-0.39, 0.29) is 11.5 Å². The van der Waals surface area contributed by atoms with Gasteiger partial charge in [-0.2, -0.15) is 5.10 Å². The molecule has 16 heavy (non-hydrogen) atoms. The number of rotatable bonds is 6. The molecule has 0 amide bonds. The summed E-state index contributed by atoms with van der Waals surface area (Å²) in [6.45, 7) is 6.80. The molecule has 0 spiro atoms. The first-order valence-electron chi connectivity index (χ1n) is 5.28. The van der Waals surface area contributed by atoms with Crippen LogP contribution in [0.25, 0.3) is 0 Å². The number of aromatic amines is 1. The Morgan fingerprint density at radius 2 is 2.38 bits per heavy atom. The molecule has 0 aromatic carbocycles. The molecule has 5 heteroatoms. The van der Waals surface area contributed by atoms with E-state index in [1.165, 1.54) is 0 Å². The van der Waals surface area contributed by atoms with Crippen LogP contribution in [0.1, 0.15) is 32.8 Å². The maximum Gasteiger partial charge on any atom is 0.293 e. The lowest BCUT2D eigenvalue weighted by Crippen LogP contribution is -2.33. The van der Waals surface area contributed by atoms with Gasteiger partial charge in [-0.1, -0.05) is 20.8 Å². The SMILES string of the molecule is CCC(C)(C)C(Cc1c[nH]nc1Br)OC=O. The van der Waals surface area contributed by atoms with Crippen molar-refractivity contribution >= 4 is 22.4 Å². The van der Waals surface area contributed by atoms with Gasteiger partial charge in [-0.25, -0.2) is 0 Å². The standard InChI is InChI=1S/C11H17BrN2O2/c1-4-11(2,3)9(16-7-15)5-8-6-13-14-10(8)12/h6-7,9H,4-5H2,1-3H3,(H,13,14). The highest BCUT2D eigenvalue weighted by Gasteiger charge is 2.30. The smallest absolute Gasteiger partial charge is 0.293 e. The third-order valence-corrected chi connectivity index (χ3v) is 3.76. The number of H-pyrrole nitrogens is 1. The summed E-state index contributed by atoms with van der Waals surface area (Å²) < 4.78 is 5.96. The van der Waals surface area contributed by atoms with Crippen molar-refractivity contribution in [2.45, 2.75) is 39.7 Å². The van der Waals surface area contributed by atoms with Gasteiger partial charge >= 0.3 is 0 Å². The van der Waals surface area contributed by atoms with Gasteiger partial charge in [0.1, 0.15) is 10.7 Å². The fourth-order valence-electron chi connectivity index (χ4n) is 1.44. The molecule has 1 atom stereocenters. The van der Waals surface area contributed by atoms with Crippen LogP contribution in [0.2, 0.25) is 0 Å². The van der Waals surface area contributed by atoms with E-state index in [0.29, 0.717) is 12.9 Å². The normalized spacial score (nSPS) is 13.5. The Morgan fingerprint density at radius 3 is 2.81 bits per heavy atom. The second kappa shape index (κ2) is 5.48. The Kier molecular flexibility index (Phi) is 4.53. The van der Waals surface area contributed by atoms with E-state index in [1.807, 2.05) is 6.20 Å². The fourth-order valence-corrected chi connectivity index (χ4v) is 1.82. The average molecular weight is 289 g/mol. The van der Waals surface area contributed by atoms with Gasteiger partial charge < -0.3 is 4.74 Å². The number of hydrogen-bond acceptors (Lipinski definition) is 3. The van der Waals surface area contributed by atoms with Gasteiger partial charge in [0.2, 0.25) is 0 Å². The first-order chi connectivity index (χ1) is 7.51. The van der Waals surface area contributed by atoms with Crippen LogP contribution in [-0.2, 0) is 16.0 Å². The van der Waals surface area contributed by atoms with Gasteiger partial charge in [-0.3, -0.25) is 9.89 Å². The average Bonchev–Trinajstić information content (AvgIpc) is 2.64. The van der Waals surface area contributed by atoms with Crippen LogP contribution in [-0.4, -0.2) is 22.8 Å². The predicted molar refractivity (Wildman–Crippen MR) is 65.0 cm³/mol. The zero-order chi connectivity index (χ0) is 12.2. The van der Waals surface area contributed by atoms with E-state index in [0.717, 1.165) is 16.6 Å². The minimum absolute atomic E-state index is 0.0440. The van der Waals surface area contributed by atoms with E-state index in [2.05, 4.69) is 46.9 Å². The Balaban J connectivity index is 2.80. The molecule has 1 heterocycles. The highest BCUT2D eigenvalue weighted by molar-refractivity contribution is 9.10. The van der Waals surface area contributed by atoms with Crippen molar-refractivity contribution < 1.29 is 9.53 Å². The number of nitrogens with zero attached hydrogens (tertiary/aromatic N) is 1. The molecular weight excluding hydrogens is 272 g/mol. The van der Waals surface area contributed by atoms with E-state index in [1.54, 1.807) is 0 Å². The number of nitrogens with one attached hydrogen (secondary N) is 1. The molecule has 1 unspecified atom stereocenters. The van der Waals surface area contributed by atoms with E-state index < -0.39 is 0 Å². The second-order valence-corrected chi connectivity index (χ2v) is 5.22. The molecule has 1 aromatic rings. The monoisotopic (exact) mass is 288 g/mol. The number of halogens is 1. The lowest BCUT2D eigenvalue weighted by Gasteiger charge is -2.31. The molecule has 0 aliphatic rings. The van der Waals surface area contributed by atoms with Gasteiger partial charge in [0.15, 0.2) is 0 Å². The zero-order valence-electron chi connectivity index (χ0n) is 9.79. The number of ether oxygens (including phenoxy) is 1. The molecule has 0 saturated heterocycles. The van der Waals surface area contributed by atoms with Crippen molar-refractivity contribution in [2.75, 3.05) is 0 Å². The Bertz CT molecular complexity index is 350. The third kappa shape index (κ3) is 3.07. The minimum Gasteiger partial charge on any atom is -0.464 e. The summed E-state index contributed by atoms with van der Waals surface area (Å²) >= 11 is 3.35. The Labute approximate surface area is 104 Å². The maximum absolute atomic E-state index is 10.5. The van der Waals surface area contributed by atoms with Gasteiger partial charge in [0.05, 0.1) is 0 Å². The number of carbonyl (C=O) groups is 1. The van der Waals surface area contributed by atoms with Gasteiger partial charge in [0.25, 0.3) is 6.47 Å². The molecule has 1 aromatic heterocycles. The topological polar surface area (TPSA) is 55.0 Å². The molecule has 0 radical (unpaired) electrons. The summed E-state index contributed by atoms with van der Waals surface area (Å²) in [6.07, 6.45) is 3.29. The van der Waals surface area contributed by atoms with Gasteiger partial charge in [-0.05, 0) is 22.4 Å². The molecule has 0 aliphatic heterocycles. The molecule has 90 valence electrons. The molecular formula is C11H17BrN2O2. The highest BCUT2D eigenvalue weighted by Crippen LogP contribution is 2.30. The number of hydrogen-bond donors (Lipinski definition) is 1. The van der Waals surface area contributed by atoms with Crippen LogP contribution in [0.5, 0.6) is 0 Å². The van der Waals surface area contributed by atoms with Crippen molar-refractivity contribution in [1.82, 2.24) is 10.2 Å². The fraction of sp³-hybridized carbons (Fsp3) is 0.636. The summed E-state index contributed by atoms with van der Waals surface area (Å²) in [7, 11) is 0. The summed E-state index contributed by atoms with van der Waals surface area (Å²) in [5.74, 6) is 0. The molecule has 0 fully saturated rings. The van der Waals surface area contributed by atoms with Crippen molar-refractivity contribution in [3.05, 3.63) is 16.4 Å². The molecule has 0 saturated carbocycles. The maximum atomic E-state index is 10.5. The minimum atomic E-state index is -0.135. The predicted octanol–water partition coefficient (Wildman–Crippen LogP) is 2.69. The lowest BCUT2D eigenvalue weighted by molar-refractivity contribution is -0.139. The molecule has 1 rings (SSSR count). The van der Waals surface area contributed by atoms with Gasteiger partial charge in [0, 0.05) is 23.6 Å². The highest BCUT2D eigenvalue weighted by atomic mass is 79.9. The summed E-state index contributed by atoms with van der Waals surface area (Å²) in [5.41, 5.74) is 0.978. The molecule has 1 N–H and O–H groups in total. The van der Waals surface area contributed by atoms with Crippen molar-refractivity contribution in [3.63, 3.8) is 0 Å². The third-order valence-electron chi connectivity index (χ3n) is 3.07. The van der Waals surface area contributed by atoms with Crippen LogP contribution in [0.4, 0.5) is 0 Å². The van der Waals surface area contributed by atoms with Crippen molar-refractivity contribution in [1.29, 1.82) is 0 Å². The van der Waals surface area contributed by atoms with E-state index >= 15 is 0 Å². The van der Waals surface area contributed by atoms with Crippen LogP contribution in [0, 0.1) is 5.41 Å². The Hall–Kier alpha value is -0.840. The number of aromatic nitrogens is 2. The van der Waals surface area contributed by atoms with Crippen molar-refractivity contribution in [2.24, 2.45) is 5.41 Å². The first kappa shape index (κ1) is 13.2. The van der Waals surface area contributed by atoms with Crippen molar-refractivity contribution in [3.8, 4) is 0 Å². The summed E-state index contributed by atoms with van der Waals surface area (Å²) in [4.78, 5) is 10.5. The van der Waals surface area contributed by atoms with Crippen LogP contribution in [0.3, 0.4) is 0 Å². The van der Waals surface area contributed by atoms with Crippen LogP contribution in [0.15, 0.2) is 10.8 Å². The number of carbonyl (C=O) groups excluding carboxylic acids is 1. The van der Waals surface area contributed by atoms with E-state index in [4.69, 9.17) is 4.74 Å². The molecule has 0 aliphatic carbocycles. The first-order valence-corrected chi connectivity index (χ1v) is 6.07. The van der Waals surface area contributed by atoms with Crippen LogP contribution < -0.4 is 0 Å². The largest absolute Gasteiger partial charge is 0.464 e. The lowest BCUT2D eigenvalue weighted by atomic mass is 9.81. The second-order valence-electron chi connectivity index (χ2n) is 4.47. The molecule has 0 bridgehead atoms. The quantitative estimate of drug-likeness (QED) is 0.819.